The van der Waals surface area contributed by atoms with Crippen LogP contribution in [0.4, 0.5) is 0 Å². The molecular weight excluding hydrogens is 430 g/mol. The number of hydrogen-bond acceptors (Lipinski definition) is 7. The molecule has 0 aliphatic heterocycles. The summed E-state index contributed by atoms with van der Waals surface area (Å²) in [6, 6.07) is 12.2. The van der Waals surface area contributed by atoms with Crippen LogP contribution in [0.5, 0.6) is 11.5 Å². The number of rotatable bonds is 7. The number of benzene rings is 1. The molecule has 10 heteroatoms. The summed E-state index contributed by atoms with van der Waals surface area (Å²) < 4.78 is 25.9. The van der Waals surface area contributed by atoms with Gasteiger partial charge < -0.3 is 18.6 Å². The van der Waals surface area contributed by atoms with Gasteiger partial charge in [0.1, 0.15) is 6.26 Å². The number of nitrogens with zero attached hydrogens (tertiary/aromatic N) is 5. The van der Waals surface area contributed by atoms with Crippen molar-refractivity contribution in [2.45, 2.75) is 11.7 Å². The van der Waals surface area contributed by atoms with Gasteiger partial charge in [0, 0.05) is 47.5 Å². The molecule has 0 aliphatic carbocycles. The zero-order valence-corrected chi connectivity index (χ0v) is 18.6. The molecule has 0 aliphatic rings. The van der Waals surface area contributed by atoms with Gasteiger partial charge in [-0.3, -0.25) is 4.79 Å². The van der Waals surface area contributed by atoms with E-state index in [1.165, 1.54) is 12.3 Å². The van der Waals surface area contributed by atoms with Crippen molar-refractivity contribution in [2.24, 2.45) is 0 Å². The minimum absolute atomic E-state index is 0.163. The van der Waals surface area contributed by atoms with Gasteiger partial charge in [0.05, 0.1) is 26.5 Å². The van der Waals surface area contributed by atoms with E-state index in [1.807, 2.05) is 12.1 Å². The van der Waals surface area contributed by atoms with E-state index in [0.717, 1.165) is 5.56 Å². The summed E-state index contributed by atoms with van der Waals surface area (Å²) in [7, 11) is 3.14. The summed E-state index contributed by atoms with van der Waals surface area (Å²) in [5.41, 5.74) is 1.94. The van der Waals surface area contributed by atoms with E-state index in [1.54, 1.807) is 66.3 Å². The molecule has 0 spiro atoms. The standard InChI is InChI=1S/C22H21N5O4S/c1-30-18-7-5-15(11-19(18)31-2)13-26-14-16(6-8-21(26)28)17-12-20(27-10-4-9-23-27)25-22(24-17)32(3)29/h4-12,14H,13H2,1-3H3. The zero-order chi connectivity index (χ0) is 22.7. The van der Waals surface area contributed by atoms with Crippen LogP contribution in [0.1, 0.15) is 5.56 Å². The molecule has 0 bridgehead atoms. The smallest absolute Gasteiger partial charge is 0.345 e. The van der Waals surface area contributed by atoms with Gasteiger partial charge in [-0.1, -0.05) is 6.07 Å². The first-order valence-corrected chi connectivity index (χ1v) is 11.2. The van der Waals surface area contributed by atoms with Crippen molar-refractivity contribution >= 4 is 11.2 Å². The van der Waals surface area contributed by atoms with Gasteiger partial charge in [-0.15, -0.1) is 0 Å². The number of pyridine rings is 1. The van der Waals surface area contributed by atoms with E-state index in [0.29, 0.717) is 35.1 Å². The SMILES string of the molecule is COc1ccc(Cn2cc(-c3cc(-n4cccn4)nc([S+](C)[O-])n3)ccc2=O)cc1OC. The van der Waals surface area contributed by atoms with Gasteiger partial charge in [-0.25, -0.2) is 4.68 Å². The Bertz CT molecular complexity index is 1290. The predicted molar refractivity (Wildman–Crippen MR) is 120 cm³/mol. The van der Waals surface area contributed by atoms with Gasteiger partial charge in [-0.05, 0) is 29.8 Å². The van der Waals surface area contributed by atoms with E-state index >= 15 is 0 Å². The molecule has 0 N–H and O–H groups in total. The summed E-state index contributed by atoms with van der Waals surface area (Å²) >= 11 is -1.39. The van der Waals surface area contributed by atoms with Crippen molar-refractivity contribution in [3.8, 4) is 28.6 Å². The van der Waals surface area contributed by atoms with Crippen LogP contribution < -0.4 is 15.0 Å². The lowest BCUT2D eigenvalue weighted by Crippen LogP contribution is -2.19. The molecule has 1 atom stereocenters. The topological polar surface area (TPSA) is 107 Å². The first kappa shape index (κ1) is 21.6. The molecule has 0 fully saturated rings. The maximum absolute atomic E-state index is 12.5. The van der Waals surface area contributed by atoms with E-state index in [9.17, 15) is 9.35 Å². The molecule has 0 amide bonds. The number of ether oxygens (including phenoxy) is 2. The lowest BCUT2D eigenvalue weighted by atomic mass is 10.1. The maximum Gasteiger partial charge on any atom is 0.345 e. The highest BCUT2D eigenvalue weighted by atomic mass is 32.2. The first-order valence-electron chi connectivity index (χ1n) is 9.63. The number of methoxy groups -OCH3 is 2. The maximum atomic E-state index is 12.5. The Kier molecular flexibility index (Phi) is 6.24. The van der Waals surface area contributed by atoms with Crippen LogP contribution >= 0.6 is 0 Å². The van der Waals surface area contributed by atoms with Crippen molar-refractivity contribution in [1.82, 2.24) is 24.3 Å². The lowest BCUT2D eigenvalue weighted by molar-refractivity contribution is 0.354. The van der Waals surface area contributed by atoms with Gasteiger partial charge in [0.15, 0.2) is 17.3 Å². The van der Waals surface area contributed by atoms with E-state index < -0.39 is 11.2 Å². The van der Waals surface area contributed by atoms with Gasteiger partial charge in [0.2, 0.25) is 0 Å². The second-order valence-corrected chi connectivity index (χ2v) is 8.15. The molecule has 3 aromatic heterocycles. The van der Waals surface area contributed by atoms with E-state index in [2.05, 4.69) is 15.1 Å². The molecule has 4 aromatic rings. The molecule has 0 radical (unpaired) electrons. The highest BCUT2D eigenvalue weighted by Crippen LogP contribution is 2.28. The van der Waals surface area contributed by atoms with E-state index in [4.69, 9.17) is 9.47 Å². The fourth-order valence-corrected chi connectivity index (χ4v) is 3.64. The van der Waals surface area contributed by atoms with Crippen LogP contribution in [0.25, 0.3) is 17.1 Å². The normalized spacial score (nSPS) is 11.9. The molecule has 1 unspecified atom stereocenters. The molecule has 164 valence electrons. The van der Waals surface area contributed by atoms with Crippen molar-refractivity contribution in [3.63, 3.8) is 0 Å². The molecule has 1 aromatic carbocycles. The third-order valence-corrected chi connectivity index (χ3v) is 5.47. The second-order valence-electron chi connectivity index (χ2n) is 6.87. The lowest BCUT2D eigenvalue weighted by Gasteiger charge is -2.12. The van der Waals surface area contributed by atoms with Gasteiger partial charge in [-0.2, -0.15) is 15.1 Å². The first-order chi connectivity index (χ1) is 15.5. The van der Waals surface area contributed by atoms with Crippen molar-refractivity contribution in [2.75, 3.05) is 20.5 Å². The summed E-state index contributed by atoms with van der Waals surface area (Å²) in [5.74, 6) is 1.69. The minimum atomic E-state index is -1.39. The summed E-state index contributed by atoms with van der Waals surface area (Å²) in [6.45, 7) is 0.330. The number of hydrogen-bond donors (Lipinski definition) is 0. The van der Waals surface area contributed by atoms with Gasteiger partial charge >= 0.3 is 5.16 Å². The van der Waals surface area contributed by atoms with Crippen LogP contribution in [-0.2, 0) is 17.7 Å². The average Bonchev–Trinajstić information content (AvgIpc) is 3.35. The second kappa shape index (κ2) is 9.25. The third kappa shape index (κ3) is 4.51. The Labute approximate surface area is 187 Å². The Hall–Kier alpha value is -3.63. The molecule has 4 rings (SSSR count). The van der Waals surface area contributed by atoms with Crippen molar-refractivity contribution in [1.29, 1.82) is 0 Å². The highest BCUT2D eigenvalue weighted by molar-refractivity contribution is 7.90. The molecule has 32 heavy (non-hydrogen) atoms. The van der Waals surface area contributed by atoms with Crippen molar-refractivity contribution in [3.05, 3.63) is 77.0 Å². The number of aromatic nitrogens is 5. The Balaban J connectivity index is 1.74. The molecular formula is C22H21N5O4S. The summed E-state index contributed by atoms with van der Waals surface area (Å²) in [4.78, 5) is 21.3. The molecule has 0 saturated heterocycles. The predicted octanol–water partition coefficient (Wildman–Crippen LogP) is 2.29. The van der Waals surface area contributed by atoms with Crippen LogP contribution in [-0.4, -0.2) is 49.3 Å². The fraction of sp³-hybridized carbons (Fsp3) is 0.182. The zero-order valence-electron chi connectivity index (χ0n) is 17.8. The third-order valence-electron chi connectivity index (χ3n) is 4.77. The monoisotopic (exact) mass is 451 g/mol. The van der Waals surface area contributed by atoms with Crippen molar-refractivity contribution < 1.29 is 14.0 Å². The van der Waals surface area contributed by atoms with Gasteiger partial charge in [0.25, 0.3) is 5.56 Å². The largest absolute Gasteiger partial charge is 0.609 e. The van der Waals surface area contributed by atoms with E-state index in [-0.39, 0.29) is 10.7 Å². The fourth-order valence-electron chi connectivity index (χ4n) is 3.19. The Morgan fingerprint density at radius 1 is 1.06 bits per heavy atom. The van der Waals surface area contributed by atoms with Crippen LogP contribution in [0.15, 0.2) is 71.0 Å². The minimum Gasteiger partial charge on any atom is -0.609 e. The molecule has 3 heterocycles. The van der Waals surface area contributed by atoms with Crippen LogP contribution in [0.3, 0.4) is 0 Å². The Morgan fingerprint density at radius 3 is 2.56 bits per heavy atom. The summed E-state index contributed by atoms with van der Waals surface area (Å²) in [6.07, 6.45) is 6.61. The summed E-state index contributed by atoms with van der Waals surface area (Å²) in [5, 5.41) is 4.38. The molecule has 9 nitrogen and oxygen atoms in total. The van der Waals surface area contributed by atoms with Crippen LogP contribution in [0.2, 0.25) is 0 Å². The highest BCUT2D eigenvalue weighted by Gasteiger charge is 2.16. The van der Waals surface area contributed by atoms with Crippen LogP contribution in [0, 0.1) is 0 Å². The quantitative estimate of drug-likeness (QED) is 0.313. The average molecular weight is 452 g/mol. The molecule has 0 saturated carbocycles. The Morgan fingerprint density at radius 2 is 1.88 bits per heavy atom.